The maximum absolute atomic E-state index is 13.4. The predicted octanol–water partition coefficient (Wildman–Crippen LogP) is 0.580. The van der Waals surface area contributed by atoms with Gasteiger partial charge in [-0.1, -0.05) is 26.0 Å². The smallest absolute Gasteiger partial charge is 0.325 e. The second-order valence-electron chi connectivity index (χ2n) is 5.48. The molecule has 0 aliphatic carbocycles. The van der Waals surface area contributed by atoms with E-state index in [0.717, 1.165) is 6.07 Å². The molecule has 9 heteroatoms. The highest BCUT2D eigenvalue weighted by atomic mass is 19.1. The topological polar surface area (TPSA) is 114 Å². The Bertz CT molecular complexity index is 648. The maximum Gasteiger partial charge on any atom is 0.325 e. The van der Waals surface area contributed by atoms with Crippen LogP contribution in [-0.2, 0) is 14.3 Å². The first-order chi connectivity index (χ1) is 11.8. The molecule has 0 aliphatic rings. The Morgan fingerprint density at radius 3 is 2.44 bits per heavy atom. The fraction of sp³-hybridized carbons (Fsp3) is 0.375. The number of amides is 4. The van der Waals surface area contributed by atoms with Gasteiger partial charge in [0, 0.05) is 6.54 Å². The average Bonchev–Trinajstić information content (AvgIpc) is 2.56. The third-order valence-corrected chi connectivity index (χ3v) is 2.80. The van der Waals surface area contributed by atoms with Crippen molar-refractivity contribution in [3.05, 3.63) is 35.6 Å². The van der Waals surface area contributed by atoms with E-state index in [-0.39, 0.29) is 11.5 Å². The lowest BCUT2D eigenvalue weighted by molar-refractivity contribution is -0.147. The Morgan fingerprint density at radius 2 is 1.80 bits per heavy atom. The summed E-state index contributed by atoms with van der Waals surface area (Å²) in [5, 5.41) is 6.62. The summed E-state index contributed by atoms with van der Waals surface area (Å²) in [5.41, 5.74) is -0.213. The lowest BCUT2D eigenvalue weighted by Crippen LogP contribution is -2.43. The van der Waals surface area contributed by atoms with Gasteiger partial charge >= 0.3 is 12.0 Å². The standard InChI is InChI=1S/C16H20FN3O5/c1-10(2)7-19-16(24)20-13(21)9-25-14(22)8-18-15(23)11-5-3-4-6-12(11)17/h3-6,10H,7-9H2,1-2H3,(H,18,23)(H2,19,20,21,24). The van der Waals surface area contributed by atoms with Gasteiger partial charge in [-0.25, -0.2) is 9.18 Å². The van der Waals surface area contributed by atoms with E-state index in [0.29, 0.717) is 6.54 Å². The summed E-state index contributed by atoms with van der Waals surface area (Å²) in [6.45, 7) is 2.95. The zero-order chi connectivity index (χ0) is 18.8. The summed E-state index contributed by atoms with van der Waals surface area (Å²) in [6.07, 6.45) is 0. The molecular weight excluding hydrogens is 333 g/mol. The van der Waals surface area contributed by atoms with Gasteiger partial charge in [-0.2, -0.15) is 0 Å². The summed E-state index contributed by atoms with van der Waals surface area (Å²) in [7, 11) is 0. The van der Waals surface area contributed by atoms with Gasteiger partial charge in [0.15, 0.2) is 6.61 Å². The summed E-state index contributed by atoms with van der Waals surface area (Å²) in [6, 6.07) is 4.59. The molecule has 4 amide bonds. The molecule has 25 heavy (non-hydrogen) atoms. The second-order valence-corrected chi connectivity index (χ2v) is 5.48. The molecule has 0 aliphatic heterocycles. The van der Waals surface area contributed by atoms with Crippen LogP contribution in [0.4, 0.5) is 9.18 Å². The number of carbonyl (C=O) groups is 4. The van der Waals surface area contributed by atoms with E-state index in [2.05, 4.69) is 15.4 Å². The lowest BCUT2D eigenvalue weighted by atomic mass is 10.2. The van der Waals surface area contributed by atoms with E-state index in [1.807, 2.05) is 19.2 Å². The number of imide groups is 1. The first-order valence-corrected chi connectivity index (χ1v) is 7.55. The van der Waals surface area contributed by atoms with E-state index in [4.69, 9.17) is 0 Å². The number of nitrogens with one attached hydrogen (secondary N) is 3. The lowest BCUT2D eigenvalue weighted by Gasteiger charge is -2.09. The average molecular weight is 353 g/mol. The first kappa shape index (κ1) is 20.1. The van der Waals surface area contributed by atoms with Crippen molar-refractivity contribution in [3.8, 4) is 0 Å². The summed E-state index contributed by atoms with van der Waals surface area (Å²) in [5.74, 6) is -3.00. The zero-order valence-electron chi connectivity index (χ0n) is 13.9. The van der Waals surface area contributed by atoms with Crippen molar-refractivity contribution in [2.75, 3.05) is 19.7 Å². The normalized spacial score (nSPS) is 10.1. The van der Waals surface area contributed by atoms with Crippen molar-refractivity contribution in [3.63, 3.8) is 0 Å². The molecule has 0 fully saturated rings. The van der Waals surface area contributed by atoms with Gasteiger partial charge in [0.1, 0.15) is 12.4 Å². The molecule has 0 unspecified atom stereocenters. The summed E-state index contributed by atoms with van der Waals surface area (Å²) >= 11 is 0. The van der Waals surface area contributed by atoms with Crippen LogP contribution in [-0.4, -0.2) is 43.5 Å². The monoisotopic (exact) mass is 353 g/mol. The van der Waals surface area contributed by atoms with Gasteiger partial charge in [-0.3, -0.25) is 19.7 Å². The maximum atomic E-state index is 13.4. The van der Waals surface area contributed by atoms with E-state index in [1.54, 1.807) is 0 Å². The van der Waals surface area contributed by atoms with Crippen molar-refractivity contribution in [2.45, 2.75) is 13.8 Å². The number of esters is 1. The van der Waals surface area contributed by atoms with Crippen molar-refractivity contribution >= 4 is 23.8 Å². The molecule has 136 valence electrons. The predicted molar refractivity (Wildman–Crippen MR) is 86.1 cm³/mol. The molecule has 0 spiro atoms. The molecule has 0 bridgehead atoms. The molecule has 0 radical (unpaired) electrons. The van der Waals surface area contributed by atoms with Gasteiger partial charge in [-0.05, 0) is 18.1 Å². The van der Waals surface area contributed by atoms with Crippen molar-refractivity contribution in [1.29, 1.82) is 0 Å². The molecular formula is C16H20FN3O5. The summed E-state index contributed by atoms with van der Waals surface area (Å²) < 4.78 is 18.0. The molecule has 1 rings (SSSR count). The van der Waals surface area contributed by atoms with Gasteiger partial charge in [-0.15, -0.1) is 0 Å². The number of hydrogen-bond donors (Lipinski definition) is 3. The highest BCUT2D eigenvalue weighted by molar-refractivity contribution is 5.97. The fourth-order valence-electron chi connectivity index (χ4n) is 1.59. The molecule has 0 saturated carbocycles. The van der Waals surface area contributed by atoms with Crippen LogP contribution in [0.2, 0.25) is 0 Å². The van der Waals surface area contributed by atoms with Crippen LogP contribution < -0.4 is 16.0 Å². The van der Waals surface area contributed by atoms with Crippen LogP contribution in [0.1, 0.15) is 24.2 Å². The number of carbonyl (C=O) groups excluding carboxylic acids is 4. The number of halogens is 1. The fourth-order valence-corrected chi connectivity index (χ4v) is 1.59. The second kappa shape index (κ2) is 10.0. The third-order valence-electron chi connectivity index (χ3n) is 2.80. The van der Waals surface area contributed by atoms with Crippen molar-refractivity contribution in [1.82, 2.24) is 16.0 Å². The Hall–Kier alpha value is -2.97. The first-order valence-electron chi connectivity index (χ1n) is 7.55. The van der Waals surface area contributed by atoms with E-state index < -0.39 is 42.8 Å². The van der Waals surface area contributed by atoms with E-state index >= 15 is 0 Å². The van der Waals surface area contributed by atoms with Crippen LogP contribution in [0.15, 0.2) is 24.3 Å². The number of ether oxygens (including phenoxy) is 1. The molecule has 0 heterocycles. The summed E-state index contributed by atoms with van der Waals surface area (Å²) in [4.78, 5) is 45.9. The minimum atomic E-state index is -0.901. The third kappa shape index (κ3) is 7.91. The van der Waals surface area contributed by atoms with Gasteiger partial charge in [0.05, 0.1) is 5.56 Å². The largest absolute Gasteiger partial charge is 0.454 e. The number of urea groups is 1. The van der Waals surface area contributed by atoms with Crippen molar-refractivity contribution < 1.29 is 28.3 Å². The van der Waals surface area contributed by atoms with Crippen LogP contribution >= 0.6 is 0 Å². The highest BCUT2D eigenvalue weighted by Gasteiger charge is 2.14. The van der Waals surface area contributed by atoms with Crippen LogP contribution in [0, 0.1) is 11.7 Å². The quantitative estimate of drug-likeness (QED) is 0.621. The Balaban J connectivity index is 2.28. The molecule has 0 saturated heterocycles. The minimum absolute atomic E-state index is 0.213. The molecule has 3 N–H and O–H groups in total. The van der Waals surface area contributed by atoms with Crippen LogP contribution in [0.3, 0.4) is 0 Å². The van der Waals surface area contributed by atoms with Gasteiger partial charge < -0.3 is 15.4 Å². The highest BCUT2D eigenvalue weighted by Crippen LogP contribution is 2.05. The Kier molecular flexibility index (Phi) is 8.04. The van der Waals surface area contributed by atoms with Gasteiger partial charge in [0.2, 0.25) is 0 Å². The van der Waals surface area contributed by atoms with E-state index in [1.165, 1.54) is 18.2 Å². The van der Waals surface area contributed by atoms with Crippen LogP contribution in [0.5, 0.6) is 0 Å². The van der Waals surface area contributed by atoms with Gasteiger partial charge in [0.25, 0.3) is 11.8 Å². The number of benzene rings is 1. The minimum Gasteiger partial charge on any atom is -0.454 e. The van der Waals surface area contributed by atoms with Crippen molar-refractivity contribution in [2.24, 2.45) is 5.92 Å². The Labute approximate surface area is 144 Å². The zero-order valence-corrected chi connectivity index (χ0v) is 13.9. The number of hydrogen-bond acceptors (Lipinski definition) is 5. The molecule has 1 aromatic carbocycles. The molecule has 1 aromatic rings. The number of rotatable bonds is 7. The molecule has 8 nitrogen and oxygen atoms in total. The van der Waals surface area contributed by atoms with Crippen LogP contribution in [0.25, 0.3) is 0 Å². The molecule has 0 aromatic heterocycles. The molecule has 0 atom stereocenters. The SMILES string of the molecule is CC(C)CNC(=O)NC(=O)COC(=O)CNC(=O)c1ccccc1F. The van der Waals surface area contributed by atoms with E-state index in [9.17, 15) is 23.6 Å². The Morgan fingerprint density at radius 1 is 1.12 bits per heavy atom.